The molecule has 1 aromatic carbocycles. The first-order valence-electron chi connectivity index (χ1n) is 6.41. The number of ether oxygens (including phenoxy) is 1. The van der Waals surface area contributed by atoms with Gasteiger partial charge in [0.2, 0.25) is 0 Å². The molecule has 0 saturated carbocycles. The van der Waals surface area contributed by atoms with Gasteiger partial charge in [-0.15, -0.1) is 0 Å². The van der Waals surface area contributed by atoms with Gasteiger partial charge in [-0.3, -0.25) is 0 Å². The fourth-order valence-electron chi connectivity index (χ4n) is 3.01. The largest absolute Gasteiger partial charge is 0.468 e. The summed E-state index contributed by atoms with van der Waals surface area (Å²) in [5.74, 6) is 0.979. The Balaban J connectivity index is 2.08. The van der Waals surface area contributed by atoms with Crippen LogP contribution in [0.15, 0.2) is 18.2 Å². The molecule has 2 aliphatic heterocycles. The molecule has 0 spiro atoms. The van der Waals surface area contributed by atoms with E-state index in [2.05, 4.69) is 49.2 Å². The Morgan fingerprint density at radius 1 is 1.56 bits per heavy atom. The Morgan fingerprint density at radius 2 is 2.33 bits per heavy atom. The number of fused-ring (bicyclic) bond motifs is 4. The number of thiocarbonyl (C=S) groups is 1. The molecule has 0 radical (unpaired) electrons. The summed E-state index contributed by atoms with van der Waals surface area (Å²) in [4.78, 5) is 2.13. The summed E-state index contributed by atoms with van der Waals surface area (Å²) < 4.78 is 6.22. The van der Waals surface area contributed by atoms with Crippen molar-refractivity contribution in [2.75, 3.05) is 6.54 Å². The summed E-state index contributed by atoms with van der Waals surface area (Å²) in [5, 5.41) is 4.23. The fraction of sp³-hybridized carbons (Fsp3) is 0.500. The zero-order valence-corrected chi connectivity index (χ0v) is 11.8. The minimum Gasteiger partial charge on any atom is -0.468 e. The number of rotatable bonds is 1. The number of hydrogen-bond acceptors (Lipinski definition) is 2. The molecule has 1 saturated heterocycles. The van der Waals surface area contributed by atoms with Gasteiger partial charge in [-0.05, 0) is 39.1 Å². The van der Waals surface area contributed by atoms with Crippen molar-refractivity contribution in [1.82, 2.24) is 10.2 Å². The number of aryl methyl sites for hydroxylation is 1. The first kappa shape index (κ1) is 11.8. The summed E-state index contributed by atoms with van der Waals surface area (Å²) in [6.07, 6.45) is 0.928. The SMILES string of the molecule is CCN1C(=S)NC2CC1(C)Oc1ccc(C)cc12. The summed E-state index contributed by atoms with van der Waals surface area (Å²) in [6.45, 7) is 7.19. The highest BCUT2D eigenvalue weighted by molar-refractivity contribution is 7.80. The molecule has 2 atom stereocenters. The van der Waals surface area contributed by atoms with Crippen molar-refractivity contribution in [3.05, 3.63) is 29.3 Å². The highest BCUT2D eigenvalue weighted by Crippen LogP contribution is 2.44. The van der Waals surface area contributed by atoms with Crippen molar-refractivity contribution in [2.24, 2.45) is 0 Å². The van der Waals surface area contributed by atoms with Crippen LogP contribution in [0.25, 0.3) is 0 Å². The second kappa shape index (κ2) is 3.85. The van der Waals surface area contributed by atoms with E-state index in [4.69, 9.17) is 17.0 Å². The zero-order chi connectivity index (χ0) is 12.9. The first-order chi connectivity index (χ1) is 8.53. The number of hydrogen-bond donors (Lipinski definition) is 1. The van der Waals surface area contributed by atoms with Crippen LogP contribution in [0.5, 0.6) is 5.75 Å². The molecule has 0 aromatic heterocycles. The van der Waals surface area contributed by atoms with Crippen LogP contribution in [0.4, 0.5) is 0 Å². The van der Waals surface area contributed by atoms with Gasteiger partial charge in [0.05, 0.1) is 6.04 Å². The molecule has 1 aromatic rings. The highest BCUT2D eigenvalue weighted by Gasteiger charge is 2.46. The molecule has 2 unspecified atom stereocenters. The first-order valence-corrected chi connectivity index (χ1v) is 6.82. The quantitative estimate of drug-likeness (QED) is 0.787. The molecule has 0 aliphatic carbocycles. The second-order valence-corrected chi connectivity index (χ2v) is 5.66. The van der Waals surface area contributed by atoms with Crippen molar-refractivity contribution < 1.29 is 4.74 Å². The Kier molecular flexibility index (Phi) is 2.52. The average molecular weight is 262 g/mol. The lowest BCUT2D eigenvalue weighted by Crippen LogP contribution is -2.64. The molecule has 18 heavy (non-hydrogen) atoms. The summed E-state index contributed by atoms with van der Waals surface area (Å²) in [6, 6.07) is 6.63. The molecule has 1 fully saturated rings. The third-order valence-corrected chi connectivity index (χ3v) is 4.22. The fourth-order valence-corrected chi connectivity index (χ4v) is 3.48. The standard InChI is InChI=1S/C14H18N2OS/c1-4-16-13(18)15-11-8-14(16,3)17-12-6-5-9(2)7-10(11)12/h5-7,11H,4,8H2,1-3H3,(H,15,18). The molecular weight excluding hydrogens is 244 g/mol. The van der Waals surface area contributed by atoms with Gasteiger partial charge in [-0.1, -0.05) is 17.7 Å². The second-order valence-electron chi connectivity index (χ2n) is 5.27. The van der Waals surface area contributed by atoms with E-state index < -0.39 is 0 Å². The van der Waals surface area contributed by atoms with Crippen molar-refractivity contribution in [3.63, 3.8) is 0 Å². The molecule has 0 amide bonds. The minimum absolute atomic E-state index is 0.272. The van der Waals surface area contributed by atoms with Crippen LogP contribution >= 0.6 is 12.2 Å². The van der Waals surface area contributed by atoms with Crippen molar-refractivity contribution >= 4 is 17.3 Å². The molecular formula is C14H18N2OS. The molecule has 3 rings (SSSR count). The maximum absolute atomic E-state index is 6.22. The van der Waals surface area contributed by atoms with E-state index in [1.807, 2.05) is 0 Å². The van der Waals surface area contributed by atoms with Crippen LogP contribution < -0.4 is 10.1 Å². The summed E-state index contributed by atoms with van der Waals surface area (Å²) in [7, 11) is 0. The van der Waals surface area contributed by atoms with Gasteiger partial charge in [-0.25, -0.2) is 0 Å². The number of nitrogens with zero attached hydrogens (tertiary/aromatic N) is 1. The van der Waals surface area contributed by atoms with E-state index in [0.717, 1.165) is 23.8 Å². The summed E-state index contributed by atoms with van der Waals surface area (Å²) >= 11 is 5.45. The zero-order valence-electron chi connectivity index (χ0n) is 11.0. The highest BCUT2D eigenvalue weighted by atomic mass is 32.1. The van der Waals surface area contributed by atoms with Gasteiger partial charge in [0.1, 0.15) is 5.75 Å². The number of nitrogens with one attached hydrogen (secondary N) is 1. The average Bonchev–Trinajstić information content (AvgIpc) is 2.30. The third-order valence-electron chi connectivity index (χ3n) is 3.88. The topological polar surface area (TPSA) is 24.5 Å². The molecule has 4 heteroatoms. The maximum Gasteiger partial charge on any atom is 0.184 e. The van der Waals surface area contributed by atoms with Crippen LogP contribution in [0.2, 0.25) is 0 Å². The molecule has 2 aliphatic rings. The molecule has 96 valence electrons. The van der Waals surface area contributed by atoms with E-state index in [9.17, 15) is 0 Å². The lowest BCUT2D eigenvalue weighted by Gasteiger charge is -2.52. The number of benzene rings is 1. The van der Waals surface area contributed by atoms with Gasteiger partial charge in [0, 0.05) is 18.5 Å². The normalized spacial score (nSPS) is 29.4. The molecule has 2 bridgehead atoms. The third kappa shape index (κ3) is 1.59. The van der Waals surface area contributed by atoms with Crippen LogP contribution in [-0.2, 0) is 0 Å². The Labute approximate surface area is 113 Å². The Hall–Kier alpha value is -1.29. The smallest absolute Gasteiger partial charge is 0.184 e. The monoisotopic (exact) mass is 262 g/mol. The van der Waals surface area contributed by atoms with Gasteiger partial charge >= 0.3 is 0 Å². The van der Waals surface area contributed by atoms with E-state index in [-0.39, 0.29) is 11.8 Å². The molecule has 2 heterocycles. The van der Waals surface area contributed by atoms with Crippen molar-refractivity contribution in [3.8, 4) is 5.75 Å². The van der Waals surface area contributed by atoms with E-state index in [1.54, 1.807) is 0 Å². The lowest BCUT2D eigenvalue weighted by atomic mass is 9.90. The van der Waals surface area contributed by atoms with E-state index in [1.165, 1.54) is 11.1 Å². The van der Waals surface area contributed by atoms with Crippen molar-refractivity contribution in [2.45, 2.75) is 39.0 Å². The Bertz CT molecular complexity index is 517. The van der Waals surface area contributed by atoms with Gasteiger partial charge in [0.15, 0.2) is 10.8 Å². The summed E-state index contributed by atoms with van der Waals surface area (Å²) in [5.41, 5.74) is 2.17. The Morgan fingerprint density at radius 3 is 3.06 bits per heavy atom. The van der Waals surface area contributed by atoms with Gasteiger partial charge in [0.25, 0.3) is 0 Å². The minimum atomic E-state index is -0.315. The predicted molar refractivity (Wildman–Crippen MR) is 75.7 cm³/mol. The van der Waals surface area contributed by atoms with Crippen LogP contribution in [-0.4, -0.2) is 22.3 Å². The maximum atomic E-state index is 6.22. The van der Waals surface area contributed by atoms with Crippen molar-refractivity contribution in [1.29, 1.82) is 0 Å². The molecule has 3 nitrogen and oxygen atoms in total. The van der Waals surface area contributed by atoms with Gasteiger partial charge < -0.3 is 15.0 Å². The lowest BCUT2D eigenvalue weighted by molar-refractivity contribution is -0.0658. The predicted octanol–water partition coefficient (Wildman–Crippen LogP) is 2.74. The molecule has 1 N–H and O–H groups in total. The van der Waals surface area contributed by atoms with E-state index >= 15 is 0 Å². The van der Waals surface area contributed by atoms with Crippen LogP contribution in [0.3, 0.4) is 0 Å². The van der Waals surface area contributed by atoms with Gasteiger partial charge in [-0.2, -0.15) is 0 Å². The van der Waals surface area contributed by atoms with Crippen LogP contribution in [0, 0.1) is 6.92 Å². The van der Waals surface area contributed by atoms with Crippen LogP contribution in [0.1, 0.15) is 37.4 Å². The van der Waals surface area contributed by atoms with E-state index in [0.29, 0.717) is 0 Å².